The Bertz CT molecular complexity index is 567. The lowest BCUT2D eigenvalue weighted by molar-refractivity contribution is 0.00449. The van der Waals surface area contributed by atoms with E-state index in [1.54, 1.807) is 0 Å². The highest BCUT2D eigenvalue weighted by Gasteiger charge is 2.31. The normalized spacial score (nSPS) is 21.5. The summed E-state index contributed by atoms with van der Waals surface area (Å²) in [4.78, 5) is 0.0478. The summed E-state index contributed by atoms with van der Waals surface area (Å²) in [6.07, 6.45) is -0.303. The number of benzene rings is 1. The number of hydrogen-bond donors (Lipinski definition) is 1. The van der Waals surface area contributed by atoms with Crippen LogP contribution in [0.1, 0.15) is 0 Å². The first-order valence-electron chi connectivity index (χ1n) is 5.72. The molecule has 1 atom stereocenters. The highest BCUT2D eigenvalue weighted by atomic mass is 79.9. The van der Waals surface area contributed by atoms with Crippen LogP contribution in [0.25, 0.3) is 0 Å². The van der Waals surface area contributed by atoms with Crippen molar-refractivity contribution in [2.45, 2.75) is 11.0 Å². The van der Waals surface area contributed by atoms with Gasteiger partial charge in [0, 0.05) is 24.1 Å². The predicted molar refractivity (Wildman–Crippen MR) is 71.7 cm³/mol. The molecule has 1 saturated heterocycles. The van der Waals surface area contributed by atoms with E-state index in [2.05, 4.69) is 15.9 Å². The molecule has 2 N–H and O–H groups in total. The average molecular weight is 353 g/mol. The van der Waals surface area contributed by atoms with Gasteiger partial charge in [-0.05, 0) is 34.1 Å². The number of hydrogen-bond acceptors (Lipinski definition) is 4. The first kappa shape index (κ1) is 14.9. The van der Waals surface area contributed by atoms with Crippen LogP contribution >= 0.6 is 15.9 Å². The second-order valence-electron chi connectivity index (χ2n) is 4.17. The Kier molecular flexibility index (Phi) is 4.57. The van der Waals surface area contributed by atoms with Crippen LogP contribution in [-0.4, -0.2) is 45.1 Å². The minimum atomic E-state index is -3.67. The van der Waals surface area contributed by atoms with Gasteiger partial charge < -0.3 is 10.5 Å². The Morgan fingerprint density at radius 1 is 1.53 bits per heavy atom. The summed E-state index contributed by atoms with van der Waals surface area (Å²) in [6.45, 7) is 1.04. The van der Waals surface area contributed by atoms with Crippen molar-refractivity contribution in [3.8, 4) is 0 Å². The molecule has 5 nitrogen and oxygen atoms in total. The molecule has 8 heteroatoms. The van der Waals surface area contributed by atoms with Crippen molar-refractivity contribution in [2.24, 2.45) is 5.73 Å². The molecule has 0 aromatic heterocycles. The number of nitrogens with two attached hydrogens (primary N) is 1. The molecule has 0 radical (unpaired) electrons. The van der Waals surface area contributed by atoms with E-state index in [9.17, 15) is 12.8 Å². The second kappa shape index (κ2) is 5.84. The van der Waals surface area contributed by atoms with E-state index in [-0.39, 0.29) is 35.1 Å². The van der Waals surface area contributed by atoms with Gasteiger partial charge in [0.05, 0.1) is 17.6 Å². The van der Waals surface area contributed by atoms with Gasteiger partial charge >= 0.3 is 0 Å². The van der Waals surface area contributed by atoms with E-state index in [1.807, 2.05) is 0 Å². The molecule has 0 saturated carbocycles. The Labute approximate surface area is 119 Å². The molecule has 0 amide bonds. The quantitative estimate of drug-likeness (QED) is 0.878. The topological polar surface area (TPSA) is 72.6 Å². The number of nitrogens with zero attached hydrogens (tertiary/aromatic N) is 1. The van der Waals surface area contributed by atoms with Crippen LogP contribution in [0.5, 0.6) is 0 Å². The van der Waals surface area contributed by atoms with Crippen LogP contribution in [-0.2, 0) is 14.8 Å². The van der Waals surface area contributed by atoms with E-state index in [1.165, 1.54) is 10.4 Å². The van der Waals surface area contributed by atoms with Gasteiger partial charge in [-0.1, -0.05) is 0 Å². The molecule has 1 aromatic rings. The molecular formula is C11H14BrFN2O3S. The molecule has 0 bridgehead atoms. The maximum Gasteiger partial charge on any atom is 0.244 e. The maximum absolute atomic E-state index is 13.0. The minimum Gasteiger partial charge on any atom is -0.374 e. The molecular weight excluding hydrogens is 339 g/mol. The highest BCUT2D eigenvalue weighted by Crippen LogP contribution is 2.26. The van der Waals surface area contributed by atoms with Gasteiger partial charge in [-0.2, -0.15) is 4.31 Å². The molecule has 19 heavy (non-hydrogen) atoms. The average Bonchev–Trinajstić information content (AvgIpc) is 2.38. The zero-order valence-corrected chi connectivity index (χ0v) is 12.5. The van der Waals surface area contributed by atoms with Crippen LogP contribution < -0.4 is 5.73 Å². The lowest BCUT2D eigenvalue weighted by Gasteiger charge is -2.31. The summed E-state index contributed by atoms with van der Waals surface area (Å²) in [5, 5.41) is 0. The number of morpholine rings is 1. The predicted octanol–water partition coefficient (Wildman–Crippen LogP) is 0.936. The fraction of sp³-hybridized carbons (Fsp3) is 0.455. The molecule has 1 heterocycles. The number of halogens is 2. The van der Waals surface area contributed by atoms with Crippen molar-refractivity contribution >= 4 is 26.0 Å². The summed E-state index contributed by atoms with van der Waals surface area (Å²) in [5.74, 6) is -0.493. The third kappa shape index (κ3) is 3.14. The van der Waals surface area contributed by atoms with E-state index in [4.69, 9.17) is 10.5 Å². The summed E-state index contributed by atoms with van der Waals surface area (Å²) >= 11 is 3.08. The lowest BCUT2D eigenvalue weighted by atomic mass is 10.3. The van der Waals surface area contributed by atoms with Crippen LogP contribution in [0.3, 0.4) is 0 Å². The third-order valence-electron chi connectivity index (χ3n) is 2.88. The third-order valence-corrected chi connectivity index (χ3v) is 5.72. The largest absolute Gasteiger partial charge is 0.374 e. The standard InChI is InChI=1S/C11H14BrFN2O3S/c12-10-5-8(13)1-2-11(10)19(16,17)15-3-4-18-9(6-14)7-15/h1-2,5,9H,3-4,6-7,14H2. The minimum absolute atomic E-state index is 0.0478. The Hall–Kier alpha value is -0.540. The second-order valence-corrected chi connectivity index (χ2v) is 6.93. The fourth-order valence-corrected chi connectivity index (χ4v) is 4.34. The van der Waals surface area contributed by atoms with Crippen LogP contribution in [0.4, 0.5) is 4.39 Å². The monoisotopic (exact) mass is 352 g/mol. The van der Waals surface area contributed by atoms with Crippen LogP contribution in [0.2, 0.25) is 0 Å². The number of ether oxygens (including phenoxy) is 1. The van der Waals surface area contributed by atoms with Gasteiger partial charge in [-0.15, -0.1) is 0 Å². The smallest absolute Gasteiger partial charge is 0.244 e. The number of rotatable bonds is 3. The molecule has 1 aromatic carbocycles. The Morgan fingerprint density at radius 2 is 2.26 bits per heavy atom. The molecule has 2 rings (SSSR count). The van der Waals surface area contributed by atoms with Gasteiger partial charge in [0.1, 0.15) is 5.82 Å². The van der Waals surface area contributed by atoms with Crippen molar-refractivity contribution in [3.05, 3.63) is 28.5 Å². The first-order chi connectivity index (χ1) is 8.95. The zero-order valence-electron chi connectivity index (χ0n) is 10.1. The highest BCUT2D eigenvalue weighted by molar-refractivity contribution is 9.10. The van der Waals surface area contributed by atoms with Gasteiger partial charge in [-0.3, -0.25) is 0 Å². The molecule has 1 aliphatic heterocycles. The number of sulfonamides is 1. The van der Waals surface area contributed by atoms with Gasteiger partial charge in [-0.25, -0.2) is 12.8 Å². The van der Waals surface area contributed by atoms with Crippen molar-refractivity contribution in [3.63, 3.8) is 0 Å². The van der Waals surface area contributed by atoms with Gasteiger partial charge in [0.25, 0.3) is 0 Å². The van der Waals surface area contributed by atoms with Crippen molar-refractivity contribution < 1.29 is 17.5 Å². The van der Waals surface area contributed by atoms with E-state index >= 15 is 0 Å². The van der Waals surface area contributed by atoms with E-state index in [0.29, 0.717) is 6.61 Å². The molecule has 0 spiro atoms. The summed E-state index contributed by atoms with van der Waals surface area (Å²) in [5.41, 5.74) is 5.49. The molecule has 106 valence electrons. The van der Waals surface area contributed by atoms with Crippen molar-refractivity contribution in [1.82, 2.24) is 4.31 Å². The summed E-state index contributed by atoms with van der Waals surface area (Å²) < 4.78 is 44.8. The molecule has 1 unspecified atom stereocenters. The zero-order chi connectivity index (χ0) is 14.0. The maximum atomic E-state index is 13.0. The van der Waals surface area contributed by atoms with Crippen molar-refractivity contribution in [2.75, 3.05) is 26.2 Å². The Balaban J connectivity index is 2.31. The van der Waals surface area contributed by atoms with Crippen LogP contribution in [0.15, 0.2) is 27.6 Å². The Morgan fingerprint density at radius 3 is 2.89 bits per heavy atom. The van der Waals surface area contributed by atoms with E-state index < -0.39 is 15.8 Å². The van der Waals surface area contributed by atoms with Gasteiger partial charge in [0.15, 0.2) is 0 Å². The van der Waals surface area contributed by atoms with Crippen LogP contribution in [0, 0.1) is 5.82 Å². The van der Waals surface area contributed by atoms with Crippen molar-refractivity contribution in [1.29, 1.82) is 0 Å². The molecule has 0 aliphatic carbocycles. The summed E-state index contributed by atoms with van der Waals surface area (Å²) in [6, 6.07) is 3.51. The lowest BCUT2D eigenvalue weighted by Crippen LogP contribution is -2.48. The SMILES string of the molecule is NCC1CN(S(=O)(=O)c2ccc(F)cc2Br)CCO1. The summed E-state index contributed by atoms with van der Waals surface area (Å²) in [7, 11) is -3.67. The molecule has 1 aliphatic rings. The van der Waals surface area contributed by atoms with Gasteiger partial charge in [0.2, 0.25) is 10.0 Å². The molecule has 1 fully saturated rings. The fourth-order valence-electron chi connectivity index (χ4n) is 1.88. The van der Waals surface area contributed by atoms with E-state index in [0.717, 1.165) is 12.1 Å². The first-order valence-corrected chi connectivity index (χ1v) is 7.95.